The summed E-state index contributed by atoms with van der Waals surface area (Å²) in [6, 6.07) is 7.38. The van der Waals surface area contributed by atoms with E-state index in [9.17, 15) is 0 Å². The van der Waals surface area contributed by atoms with E-state index in [0.717, 1.165) is 17.2 Å². The maximum atomic E-state index is 5.89. The van der Waals surface area contributed by atoms with Crippen molar-refractivity contribution in [2.45, 2.75) is 41.0 Å². The zero-order valence-electron chi connectivity index (χ0n) is 16.3. The molecule has 26 heavy (non-hydrogen) atoms. The van der Waals surface area contributed by atoms with Gasteiger partial charge < -0.3 is 5.84 Å². The first-order valence-electron chi connectivity index (χ1n) is 8.49. The fourth-order valence-corrected chi connectivity index (χ4v) is 2.00. The molecule has 1 aromatic carbocycles. The number of nitrogens with two attached hydrogens (primary N) is 1. The number of nitrogens with zero attached hydrogens (tertiary/aromatic N) is 3. The van der Waals surface area contributed by atoms with Gasteiger partial charge in [0, 0.05) is 22.2 Å². The fraction of sp³-hybridized carbons (Fsp3) is 0.300. The highest BCUT2D eigenvalue weighted by Crippen LogP contribution is 2.19. The van der Waals surface area contributed by atoms with E-state index in [1.165, 1.54) is 6.21 Å². The van der Waals surface area contributed by atoms with Gasteiger partial charge in [0.15, 0.2) is 0 Å². The van der Waals surface area contributed by atoms with E-state index >= 15 is 0 Å². The van der Waals surface area contributed by atoms with E-state index in [-0.39, 0.29) is 0 Å². The largest absolute Gasteiger partial charge is 0.323 e. The van der Waals surface area contributed by atoms with E-state index < -0.39 is 0 Å². The van der Waals surface area contributed by atoms with Gasteiger partial charge in [-0.3, -0.25) is 4.57 Å². The molecule has 0 aliphatic carbocycles. The van der Waals surface area contributed by atoms with E-state index in [4.69, 9.17) is 29.0 Å². The third kappa shape index (κ3) is 9.44. The van der Waals surface area contributed by atoms with Gasteiger partial charge in [0.25, 0.3) is 0 Å². The van der Waals surface area contributed by atoms with Crippen LogP contribution in [0.2, 0.25) is 5.02 Å². The van der Waals surface area contributed by atoms with Gasteiger partial charge in [-0.2, -0.15) is 5.10 Å². The predicted octanol–water partition coefficient (Wildman–Crippen LogP) is 6.36. The third-order valence-electron chi connectivity index (χ3n) is 2.50. The molecule has 0 aliphatic rings. The lowest BCUT2D eigenvalue weighted by atomic mass is 10.3. The Morgan fingerprint density at radius 3 is 2.15 bits per heavy atom. The summed E-state index contributed by atoms with van der Waals surface area (Å²) in [6.07, 6.45) is 5.42. The molecule has 1 heterocycles. The normalized spacial score (nSPS) is 9.04. The van der Waals surface area contributed by atoms with Crippen molar-refractivity contribution >= 4 is 29.4 Å². The van der Waals surface area contributed by atoms with Crippen molar-refractivity contribution in [3.05, 3.63) is 71.3 Å². The molecule has 0 spiro atoms. The summed E-state index contributed by atoms with van der Waals surface area (Å²) in [5, 5.41) is 4.71. The number of allylic oxidation sites excluding steroid dienone is 2. The second-order valence-corrected chi connectivity index (χ2v) is 5.26. The van der Waals surface area contributed by atoms with E-state index in [2.05, 4.69) is 23.2 Å². The molecule has 4 nitrogen and oxygen atoms in total. The van der Waals surface area contributed by atoms with Gasteiger partial charge in [-0.25, -0.2) is 4.98 Å². The highest BCUT2D eigenvalue weighted by atomic mass is 35.5. The summed E-state index contributed by atoms with van der Waals surface area (Å²) in [6.45, 7) is 16.9. The average Bonchev–Trinajstić information content (AvgIpc) is 3.02. The van der Waals surface area contributed by atoms with E-state index in [1.807, 2.05) is 51.3 Å². The van der Waals surface area contributed by atoms with Crippen LogP contribution in [0, 0.1) is 0 Å². The molecule has 0 amide bonds. The van der Waals surface area contributed by atoms with Gasteiger partial charge in [-0.05, 0) is 31.2 Å². The maximum absolute atomic E-state index is 5.89. The number of benzene rings is 1. The molecule has 0 radical (unpaired) electrons. The molecule has 2 rings (SSSR count). The first-order valence-corrected chi connectivity index (χ1v) is 9.25. The van der Waals surface area contributed by atoms with E-state index in [0.29, 0.717) is 16.5 Å². The molecular formula is C20H30Cl2N4. The number of hydrogen-bond donors (Lipinski definition) is 1. The first kappa shape index (κ1) is 26.2. The Balaban J connectivity index is 0. The Kier molecular flexibility index (Phi) is 16.6. The Bertz CT molecular complexity index is 659. The van der Waals surface area contributed by atoms with Crippen LogP contribution in [0.15, 0.2) is 59.8 Å². The number of hydrogen-bond acceptors (Lipinski definition) is 3. The van der Waals surface area contributed by atoms with Crippen LogP contribution in [-0.2, 0) is 6.42 Å². The summed E-state index contributed by atoms with van der Waals surface area (Å²) in [5.41, 5.74) is 1.67. The van der Waals surface area contributed by atoms with Crippen LogP contribution >= 0.6 is 23.2 Å². The molecular weight excluding hydrogens is 367 g/mol. The van der Waals surface area contributed by atoms with Crippen LogP contribution < -0.4 is 5.84 Å². The zero-order valence-corrected chi connectivity index (χ0v) is 17.8. The molecule has 2 N–H and O–H groups in total. The zero-order chi connectivity index (χ0) is 20.5. The molecule has 0 aliphatic heterocycles. The van der Waals surface area contributed by atoms with Crippen molar-refractivity contribution in [3.8, 4) is 5.69 Å². The van der Waals surface area contributed by atoms with Crippen molar-refractivity contribution in [3.63, 3.8) is 0 Å². The van der Waals surface area contributed by atoms with Crippen LogP contribution in [0.5, 0.6) is 0 Å². The van der Waals surface area contributed by atoms with Crippen molar-refractivity contribution in [2.75, 3.05) is 0 Å². The van der Waals surface area contributed by atoms with Crippen molar-refractivity contribution in [1.82, 2.24) is 9.55 Å². The number of aromatic nitrogens is 2. The van der Waals surface area contributed by atoms with Gasteiger partial charge in [0.05, 0.1) is 18.1 Å². The Labute approximate surface area is 168 Å². The molecule has 0 saturated heterocycles. The lowest BCUT2D eigenvalue weighted by Gasteiger charge is -2.09. The molecule has 0 unspecified atom stereocenters. The summed E-state index contributed by atoms with van der Waals surface area (Å²) in [4.78, 5) is 4.31. The monoisotopic (exact) mass is 396 g/mol. The summed E-state index contributed by atoms with van der Waals surface area (Å²) in [5.74, 6) is 5.97. The molecule has 0 atom stereocenters. The van der Waals surface area contributed by atoms with Crippen LogP contribution in [-0.4, -0.2) is 15.8 Å². The van der Waals surface area contributed by atoms with Crippen LogP contribution in [0.25, 0.3) is 5.69 Å². The molecule has 1 aromatic heterocycles. The SMILES string of the molecule is C=C(Cl)Cc1ncc(/C=N/N)n1-c1ccc(Cl)cc1.C=CC.CC.CC. The number of hydrazone groups is 1. The summed E-state index contributed by atoms with van der Waals surface area (Å²) >= 11 is 11.7. The van der Waals surface area contributed by atoms with Crippen LogP contribution in [0.1, 0.15) is 46.1 Å². The maximum Gasteiger partial charge on any atom is 0.119 e. The average molecular weight is 397 g/mol. The quantitative estimate of drug-likeness (QED) is 0.283. The number of rotatable bonds is 4. The smallest absolute Gasteiger partial charge is 0.119 e. The minimum absolute atomic E-state index is 0.461. The number of halogens is 2. The van der Waals surface area contributed by atoms with E-state index in [1.54, 1.807) is 24.4 Å². The lowest BCUT2D eigenvalue weighted by molar-refractivity contribution is 0.918. The van der Waals surface area contributed by atoms with Crippen LogP contribution in [0.3, 0.4) is 0 Å². The molecule has 144 valence electrons. The Morgan fingerprint density at radius 2 is 1.73 bits per heavy atom. The molecule has 2 aromatic rings. The summed E-state index contributed by atoms with van der Waals surface area (Å²) in [7, 11) is 0. The van der Waals surface area contributed by atoms with Crippen molar-refractivity contribution in [1.29, 1.82) is 0 Å². The minimum atomic E-state index is 0.461. The first-order chi connectivity index (χ1) is 12.5. The Hall–Kier alpha value is -2.04. The van der Waals surface area contributed by atoms with Gasteiger partial charge in [-0.15, -0.1) is 6.58 Å². The topological polar surface area (TPSA) is 56.2 Å². The second kappa shape index (κ2) is 16.4. The fourth-order valence-electron chi connectivity index (χ4n) is 1.76. The van der Waals surface area contributed by atoms with Gasteiger partial charge in [0.2, 0.25) is 0 Å². The Morgan fingerprint density at radius 1 is 1.23 bits per heavy atom. The molecule has 0 saturated carbocycles. The highest BCUT2D eigenvalue weighted by Gasteiger charge is 2.11. The van der Waals surface area contributed by atoms with Crippen molar-refractivity contribution in [2.24, 2.45) is 10.9 Å². The third-order valence-corrected chi connectivity index (χ3v) is 2.89. The van der Waals surface area contributed by atoms with Gasteiger partial charge in [0.1, 0.15) is 5.82 Å². The van der Waals surface area contributed by atoms with Gasteiger partial charge >= 0.3 is 0 Å². The summed E-state index contributed by atoms with van der Waals surface area (Å²) < 4.78 is 1.90. The minimum Gasteiger partial charge on any atom is -0.323 e. The molecule has 0 fully saturated rings. The van der Waals surface area contributed by atoms with Crippen molar-refractivity contribution < 1.29 is 0 Å². The van der Waals surface area contributed by atoms with Crippen LogP contribution in [0.4, 0.5) is 0 Å². The van der Waals surface area contributed by atoms with Gasteiger partial charge in [-0.1, -0.05) is 63.6 Å². The second-order valence-electron chi connectivity index (χ2n) is 4.29. The highest BCUT2D eigenvalue weighted by molar-refractivity contribution is 6.30. The standard InChI is InChI=1S/C13H12Cl2N4.C3H6.2C2H6/c1-9(14)6-13-17-7-12(8-18-16)19(13)11-4-2-10(15)3-5-11;1-3-2;2*1-2/h2-5,7-8H,1,6,16H2;3H,1H2,2H3;2*1-2H3/b18-8+;;;. The lowest BCUT2D eigenvalue weighted by Crippen LogP contribution is -2.05. The predicted molar refractivity (Wildman–Crippen MR) is 118 cm³/mol. The molecule has 0 bridgehead atoms. The number of imidazole rings is 1. The molecule has 6 heteroatoms.